The predicted molar refractivity (Wildman–Crippen MR) is 67.4 cm³/mol. The summed E-state index contributed by atoms with van der Waals surface area (Å²) < 4.78 is 9.11. The number of rotatable bonds is 5. The predicted octanol–water partition coefficient (Wildman–Crippen LogP) is 0.890. The highest BCUT2D eigenvalue weighted by Gasteiger charge is 2.32. The molecule has 0 saturated heterocycles. The van der Waals surface area contributed by atoms with Crippen molar-refractivity contribution >= 4 is 23.4 Å². The molecule has 7 nitrogen and oxygen atoms in total. The zero-order valence-corrected chi connectivity index (χ0v) is 11.0. The molecule has 0 saturated carbocycles. The first kappa shape index (κ1) is 15.3. The summed E-state index contributed by atoms with van der Waals surface area (Å²) >= 11 is 0. The van der Waals surface area contributed by atoms with Crippen LogP contribution in [0.25, 0.3) is 5.53 Å². The van der Waals surface area contributed by atoms with Crippen molar-refractivity contribution in [1.29, 1.82) is 0 Å². The van der Waals surface area contributed by atoms with Gasteiger partial charge >= 0.3 is 17.7 Å². The van der Waals surface area contributed by atoms with Crippen molar-refractivity contribution in [3.05, 3.63) is 40.9 Å². The van der Waals surface area contributed by atoms with E-state index in [1.54, 1.807) is 6.92 Å². The first-order valence-electron chi connectivity index (χ1n) is 5.67. The van der Waals surface area contributed by atoms with Crippen molar-refractivity contribution in [1.82, 2.24) is 0 Å². The fourth-order valence-corrected chi connectivity index (χ4v) is 1.39. The molecule has 20 heavy (non-hydrogen) atoms. The van der Waals surface area contributed by atoms with E-state index in [4.69, 9.17) is 5.53 Å². The van der Waals surface area contributed by atoms with Crippen LogP contribution in [0.5, 0.6) is 0 Å². The molecular formula is C13H12N2O5. The Hall–Kier alpha value is -2.79. The lowest BCUT2D eigenvalue weighted by molar-refractivity contribution is -0.139. The van der Waals surface area contributed by atoms with E-state index in [1.807, 2.05) is 0 Å². The molecule has 0 aliphatic carbocycles. The number of methoxy groups -OCH3 is 1. The lowest BCUT2D eigenvalue weighted by Crippen LogP contribution is -2.27. The Labute approximate surface area is 114 Å². The van der Waals surface area contributed by atoms with E-state index in [2.05, 4.69) is 14.3 Å². The smallest absolute Gasteiger partial charge is 0.446 e. The first-order valence-corrected chi connectivity index (χ1v) is 5.67. The van der Waals surface area contributed by atoms with Gasteiger partial charge in [-0.05, 0) is 31.2 Å². The van der Waals surface area contributed by atoms with Crippen LogP contribution in [0.15, 0.2) is 24.3 Å². The summed E-state index contributed by atoms with van der Waals surface area (Å²) in [7, 11) is 1.23. The zero-order chi connectivity index (χ0) is 15.1. The average Bonchev–Trinajstić information content (AvgIpc) is 2.47. The number of carbonyl (C=O) groups excluding carboxylic acids is 3. The number of esters is 2. The molecule has 7 heteroatoms. The number of hydrogen-bond donors (Lipinski definition) is 0. The SMILES string of the molecule is CCOC(=O)C(=[N+]=[N-])C(=O)c1ccc(C(=O)OC)cc1. The molecular weight excluding hydrogens is 264 g/mol. The molecule has 0 fully saturated rings. The largest absolute Gasteiger partial charge is 0.465 e. The third-order valence-corrected chi connectivity index (χ3v) is 2.35. The monoisotopic (exact) mass is 276 g/mol. The maximum Gasteiger partial charge on any atom is 0.446 e. The van der Waals surface area contributed by atoms with Gasteiger partial charge in [-0.3, -0.25) is 4.79 Å². The number of benzene rings is 1. The second-order valence-corrected chi connectivity index (χ2v) is 3.57. The lowest BCUT2D eigenvalue weighted by Gasteiger charge is -2.00. The minimum absolute atomic E-state index is 0.0480. The molecule has 0 radical (unpaired) electrons. The van der Waals surface area contributed by atoms with Crippen LogP contribution in [0.2, 0.25) is 0 Å². The summed E-state index contributed by atoms with van der Waals surface area (Å²) in [4.78, 5) is 37.2. The molecule has 0 aliphatic heterocycles. The summed E-state index contributed by atoms with van der Waals surface area (Å²) in [6.07, 6.45) is 0. The third kappa shape index (κ3) is 3.37. The zero-order valence-electron chi connectivity index (χ0n) is 11.0. The van der Waals surface area contributed by atoms with Crippen LogP contribution in [0.3, 0.4) is 0 Å². The lowest BCUT2D eigenvalue weighted by atomic mass is 10.0. The van der Waals surface area contributed by atoms with E-state index >= 15 is 0 Å². The van der Waals surface area contributed by atoms with E-state index in [1.165, 1.54) is 31.4 Å². The topological polar surface area (TPSA) is 106 Å². The Kier molecular flexibility index (Phi) is 5.31. The van der Waals surface area contributed by atoms with Crippen LogP contribution in [-0.4, -0.2) is 41.9 Å². The van der Waals surface area contributed by atoms with Crippen LogP contribution in [0.1, 0.15) is 27.6 Å². The molecule has 0 atom stereocenters. The van der Waals surface area contributed by atoms with E-state index in [9.17, 15) is 14.4 Å². The Morgan fingerprint density at radius 3 is 2.15 bits per heavy atom. The Morgan fingerprint density at radius 2 is 1.70 bits per heavy atom. The molecule has 104 valence electrons. The first-order chi connectivity index (χ1) is 9.54. The van der Waals surface area contributed by atoms with Gasteiger partial charge in [-0.2, -0.15) is 4.79 Å². The maximum absolute atomic E-state index is 11.9. The van der Waals surface area contributed by atoms with Gasteiger partial charge in [0.05, 0.1) is 19.3 Å². The van der Waals surface area contributed by atoms with Crippen molar-refractivity contribution in [2.24, 2.45) is 0 Å². The van der Waals surface area contributed by atoms with Crippen molar-refractivity contribution in [2.45, 2.75) is 6.92 Å². The summed E-state index contributed by atoms with van der Waals surface area (Å²) in [5.41, 5.74) is 8.34. The molecule has 1 aromatic carbocycles. The summed E-state index contributed by atoms with van der Waals surface area (Å²) in [5, 5.41) is 0. The fourth-order valence-electron chi connectivity index (χ4n) is 1.39. The van der Waals surface area contributed by atoms with E-state index in [0.717, 1.165) is 0 Å². The molecule has 0 N–H and O–H groups in total. The number of ketones is 1. The highest BCUT2D eigenvalue weighted by Crippen LogP contribution is 2.07. The second-order valence-electron chi connectivity index (χ2n) is 3.57. The van der Waals surface area contributed by atoms with Gasteiger partial charge in [0.1, 0.15) is 0 Å². The van der Waals surface area contributed by atoms with Crippen molar-refractivity contribution in [3.8, 4) is 0 Å². The number of carbonyl (C=O) groups is 3. The Balaban J connectivity index is 3.00. The molecule has 0 amide bonds. The van der Waals surface area contributed by atoms with E-state index in [0.29, 0.717) is 0 Å². The number of nitrogens with zero attached hydrogens (tertiary/aromatic N) is 2. The number of Topliss-reactive ketones (excluding diaryl/α,β-unsaturated/α-hetero) is 1. The number of hydrogen-bond acceptors (Lipinski definition) is 5. The Bertz CT molecular complexity index is 585. The standard InChI is InChI=1S/C13H12N2O5/c1-3-20-13(18)10(15-14)11(16)8-4-6-9(7-5-8)12(17)19-2/h4-7H,3H2,1-2H3. The molecule has 0 aromatic heterocycles. The normalized spacial score (nSPS) is 9.30. The molecule has 0 aliphatic rings. The minimum atomic E-state index is -1.02. The number of ether oxygens (including phenoxy) is 2. The van der Waals surface area contributed by atoms with Gasteiger partial charge in [0.15, 0.2) is 0 Å². The van der Waals surface area contributed by atoms with Gasteiger partial charge in [0, 0.05) is 5.56 Å². The third-order valence-electron chi connectivity index (χ3n) is 2.35. The van der Waals surface area contributed by atoms with Gasteiger partial charge in [0.2, 0.25) is 0 Å². The Morgan fingerprint density at radius 1 is 1.15 bits per heavy atom. The highest BCUT2D eigenvalue weighted by molar-refractivity contribution is 6.65. The van der Waals surface area contributed by atoms with Crippen LogP contribution in [0, 0.1) is 0 Å². The summed E-state index contributed by atoms with van der Waals surface area (Å²) in [5.74, 6) is -2.37. The second kappa shape index (κ2) is 6.96. The molecule has 1 aromatic rings. The van der Waals surface area contributed by atoms with Crippen molar-refractivity contribution in [2.75, 3.05) is 13.7 Å². The van der Waals surface area contributed by atoms with Gasteiger partial charge in [-0.25, -0.2) is 9.59 Å². The van der Waals surface area contributed by atoms with Crippen LogP contribution in [-0.2, 0) is 14.3 Å². The van der Waals surface area contributed by atoms with Crippen molar-refractivity contribution < 1.29 is 28.6 Å². The van der Waals surface area contributed by atoms with Gasteiger partial charge in [-0.15, -0.1) is 0 Å². The summed E-state index contributed by atoms with van der Waals surface area (Å²) in [6.45, 7) is 1.61. The van der Waals surface area contributed by atoms with Gasteiger partial charge in [-0.1, -0.05) is 0 Å². The van der Waals surface area contributed by atoms with Crippen LogP contribution in [0.4, 0.5) is 0 Å². The van der Waals surface area contributed by atoms with E-state index in [-0.39, 0.29) is 17.7 Å². The molecule has 0 bridgehead atoms. The van der Waals surface area contributed by atoms with Gasteiger partial charge < -0.3 is 15.0 Å². The van der Waals surface area contributed by atoms with Gasteiger partial charge in [0.25, 0.3) is 5.78 Å². The van der Waals surface area contributed by atoms with E-state index < -0.39 is 23.4 Å². The minimum Gasteiger partial charge on any atom is -0.465 e. The average molecular weight is 276 g/mol. The molecule has 0 unspecified atom stereocenters. The quantitative estimate of drug-likeness (QED) is 0.198. The fraction of sp³-hybridized carbons (Fsp3) is 0.231. The van der Waals surface area contributed by atoms with Crippen LogP contribution < -0.4 is 0 Å². The maximum atomic E-state index is 11.9. The summed E-state index contributed by atoms with van der Waals surface area (Å²) in [6, 6.07) is 5.36. The molecule has 0 heterocycles. The molecule has 0 spiro atoms. The van der Waals surface area contributed by atoms with Crippen molar-refractivity contribution in [3.63, 3.8) is 0 Å². The molecule has 1 rings (SSSR count). The van der Waals surface area contributed by atoms with Crippen LogP contribution >= 0.6 is 0 Å². The highest BCUT2D eigenvalue weighted by atomic mass is 16.5.